The first-order chi connectivity index (χ1) is 15.9. The normalized spacial score (nSPS) is 19.5. The number of hydrogen-bond acceptors (Lipinski definition) is 12. The van der Waals surface area contributed by atoms with Gasteiger partial charge < -0.3 is 30.5 Å². The van der Waals surface area contributed by atoms with E-state index in [1.165, 1.54) is 24.3 Å². The minimum Gasteiger partial charge on any atom is -0.543 e. The van der Waals surface area contributed by atoms with Crippen LogP contribution in [0.2, 0.25) is 0 Å². The van der Waals surface area contributed by atoms with Gasteiger partial charge in [0.05, 0.1) is 11.7 Å². The number of rotatable bonds is 8. The Morgan fingerprint density at radius 1 is 1.38 bits per heavy atom. The first kappa shape index (κ1) is 26.0. The average Bonchev–Trinajstić information content (AvgIpc) is 3.25. The van der Waals surface area contributed by atoms with E-state index in [1.54, 1.807) is 24.5 Å². The molecule has 0 spiro atoms. The molecule has 172 valence electrons. The fourth-order valence-electron chi connectivity index (χ4n) is 3.24. The van der Waals surface area contributed by atoms with Crippen molar-refractivity contribution in [1.29, 1.82) is 0 Å². The largest absolute Gasteiger partial charge is 1.00 e. The van der Waals surface area contributed by atoms with Gasteiger partial charge in [0, 0.05) is 17.8 Å². The van der Waals surface area contributed by atoms with Gasteiger partial charge in [0.2, 0.25) is 0 Å². The molecule has 2 atom stereocenters. The van der Waals surface area contributed by atoms with E-state index in [1.807, 2.05) is 0 Å². The number of carboxylic acids is 1. The van der Waals surface area contributed by atoms with Gasteiger partial charge in [-0.2, -0.15) is 0 Å². The van der Waals surface area contributed by atoms with Crippen molar-refractivity contribution in [1.82, 2.24) is 20.2 Å². The molecule has 1 saturated heterocycles. The number of aliphatic carboxylic acids is 1. The van der Waals surface area contributed by atoms with Crippen LogP contribution in [0.1, 0.15) is 11.3 Å². The molecule has 2 aliphatic rings. The van der Waals surface area contributed by atoms with Crippen molar-refractivity contribution in [3.63, 3.8) is 0 Å². The third kappa shape index (κ3) is 5.20. The van der Waals surface area contributed by atoms with Gasteiger partial charge in [0.15, 0.2) is 10.8 Å². The third-order valence-corrected chi connectivity index (χ3v) is 6.67. The number of ether oxygens (including phenoxy) is 1. The van der Waals surface area contributed by atoms with Crippen LogP contribution in [-0.4, -0.2) is 62.6 Å². The molecule has 0 saturated carbocycles. The van der Waals surface area contributed by atoms with E-state index < -0.39 is 29.2 Å². The molecule has 2 aromatic rings. The van der Waals surface area contributed by atoms with Crippen LogP contribution in [-0.2, 0) is 30.6 Å². The average molecular weight is 513 g/mol. The number of anilines is 1. The second-order valence-electron chi connectivity index (χ2n) is 6.76. The zero-order valence-corrected chi connectivity index (χ0v) is 21.7. The van der Waals surface area contributed by atoms with Gasteiger partial charge in [-0.25, -0.2) is 4.98 Å². The van der Waals surface area contributed by atoms with E-state index >= 15 is 0 Å². The van der Waals surface area contributed by atoms with Gasteiger partial charge in [-0.1, -0.05) is 5.16 Å². The molecule has 15 heteroatoms. The Bertz CT molecular complexity index is 1160. The summed E-state index contributed by atoms with van der Waals surface area (Å²) in [6, 6.07) is 2.48. The van der Waals surface area contributed by atoms with Crippen molar-refractivity contribution < 1.29 is 58.6 Å². The van der Waals surface area contributed by atoms with Crippen molar-refractivity contribution in [2.24, 2.45) is 5.16 Å². The van der Waals surface area contributed by atoms with E-state index in [9.17, 15) is 19.5 Å². The molecule has 2 amide bonds. The number of thiazole rings is 1. The third-order valence-electron chi connectivity index (χ3n) is 4.74. The summed E-state index contributed by atoms with van der Waals surface area (Å²) in [5.41, 5.74) is 6.09. The molecule has 0 radical (unpaired) electrons. The standard InChI is InChI=1S/C19H18N6O6S2.Na/c1-30-24-12(10-7-33-19(20)22-10)15(26)23-13-16(27)25-14(18(28)29)11(8-32-17(13)25)31-6-9-2-4-21-5-3-9;/h2-5,7,13,17H,6,8H2,1H3,(H2,20,22)(H,23,26)(H,28,29);/q;+1/p-1/b24-12-;/t13-,17-;/m1./s1. The molecular formula is C19H17N6NaO6S2. The van der Waals surface area contributed by atoms with Gasteiger partial charge in [0.25, 0.3) is 11.8 Å². The van der Waals surface area contributed by atoms with E-state index in [-0.39, 0.29) is 69.9 Å². The number of carbonyl (C=O) groups is 3. The maximum Gasteiger partial charge on any atom is 1.00 e. The van der Waals surface area contributed by atoms with E-state index in [2.05, 4.69) is 20.4 Å². The van der Waals surface area contributed by atoms with Crippen LogP contribution in [0.15, 0.2) is 46.5 Å². The van der Waals surface area contributed by atoms with Gasteiger partial charge in [-0.15, -0.1) is 23.1 Å². The summed E-state index contributed by atoms with van der Waals surface area (Å²) in [7, 11) is 1.26. The summed E-state index contributed by atoms with van der Waals surface area (Å²) in [6.07, 6.45) is 3.18. The van der Waals surface area contributed by atoms with Crippen LogP contribution in [0.25, 0.3) is 0 Å². The quantitative estimate of drug-likeness (QED) is 0.154. The summed E-state index contributed by atoms with van der Waals surface area (Å²) in [4.78, 5) is 51.1. The topological polar surface area (TPSA) is 172 Å². The molecule has 1 fully saturated rings. The van der Waals surface area contributed by atoms with Crippen molar-refractivity contribution in [2.75, 3.05) is 18.6 Å². The first-order valence-electron chi connectivity index (χ1n) is 9.45. The monoisotopic (exact) mass is 512 g/mol. The summed E-state index contributed by atoms with van der Waals surface area (Å²) in [5, 5.41) is 19.2. The molecule has 4 rings (SSSR count). The number of oxime groups is 1. The van der Waals surface area contributed by atoms with Crippen molar-refractivity contribution in [3.8, 4) is 0 Å². The molecule has 12 nitrogen and oxygen atoms in total. The number of nitrogen functional groups attached to an aromatic ring is 1. The summed E-state index contributed by atoms with van der Waals surface area (Å²) >= 11 is 2.37. The summed E-state index contributed by atoms with van der Waals surface area (Å²) in [6.45, 7) is 0.107. The van der Waals surface area contributed by atoms with Gasteiger partial charge in [0.1, 0.15) is 42.3 Å². The van der Waals surface area contributed by atoms with Crippen molar-refractivity contribution in [3.05, 3.63) is 52.6 Å². The minimum atomic E-state index is -1.54. The SMILES string of the molecule is CO/N=C(\C(=O)N[C@@H]1C(=O)N2C(C(=O)[O-])=C(OCc3ccncc3)CS[C@H]12)c1csc(N)n1.[Na+]. The minimum absolute atomic E-state index is 0. The molecule has 2 aliphatic heterocycles. The molecular weight excluding hydrogens is 495 g/mol. The van der Waals surface area contributed by atoms with Crippen LogP contribution in [0, 0.1) is 0 Å². The molecule has 0 unspecified atom stereocenters. The molecule has 0 aliphatic carbocycles. The van der Waals surface area contributed by atoms with Crippen molar-refractivity contribution in [2.45, 2.75) is 18.0 Å². The predicted octanol–water partition coefficient (Wildman–Crippen LogP) is -3.95. The molecule has 34 heavy (non-hydrogen) atoms. The number of nitrogens with two attached hydrogens (primary N) is 1. The Kier molecular flexibility index (Phi) is 8.54. The maximum atomic E-state index is 12.8. The van der Waals surface area contributed by atoms with E-state index in [4.69, 9.17) is 15.3 Å². The number of hydrogen-bond donors (Lipinski definition) is 2. The number of carbonyl (C=O) groups excluding carboxylic acids is 3. The number of amides is 2. The fraction of sp³-hybridized carbons (Fsp3) is 0.263. The number of nitrogens with one attached hydrogen (secondary N) is 1. The Morgan fingerprint density at radius 2 is 2.12 bits per heavy atom. The van der Waals surface area contributed by atoms with Crippen LogP contribution < -0.4 is 45.7 Å². The zero-order chi connectivity index (χ0) is 23.5. The molecule has 0 aromatic carbocycles. The summed E-state index contributed by atoms with van der Waals surface area (Å²) in [5.74, 6) is -2.57. The smallest absolute Gasteiger partial charge is 0.543 e. The Morgan fingerprint density at radius 3 is 2.74 bits per heavy atom. The fourth-order valence-corrected chi connectivity index (χ4v) is 5.07. The number of carboxylic acid groups (broad SMARTS) is 1. The van der Waals surface area contributed by atoms with Gasteiger partial charge in [-0.3, -0.25) is 19.5 Å². The van der Waals surface area contributed by atoms with Crippen LogP contribution >= 0.6 is 23.1 Å². The number of fused-ring (bicyclic) bond motifs is 1. The molecule has 4 heterocycles. The Hall–Kier alpha value is -2.65. The second kappa shape index (κ2) is 11.2. The number of nitrogens with zero attached hydrogens (tertiary/aromatic N) is 4. The van der Waals surface area contributed by atoms with Crippen LogP contribution in [0.3, 0.4) is 0 Å². The van der Waals surface area contributed by atoms with Gasteiger partial charge >= 0.3 is 29.6 Å². The predicted molar refractivity (Wildman–Crippen MR) is 116 cm³/mol. The molecule has 3 N–H and O–H groups in total. The number of aromatic nitrogens is 2. The Balaban J connectivity index is 0.00000324. The van der Waals surface area contributed by atoms with Crippen LogP contribution in [0.4, 0.5) is 5.13 Å². The maximum absolute atomic E-state index is 12.8. The number of thioether (sulfide) groups is 1. The first-order valence-corrected chi connectivity index (χ1v) is 11.4. The molecule has 2 aromatic heterocycles. The van der Waals surface area contributed by atoms with E-state index in [0.717, 1.165) is 21.8 Å². The number of pyridine rings is 1. The van der Waals surface area contributed by atoms with Gasteiger partial charge in [-0.05, 0) is 17.7 Å². The van der Waals surface area contributed by atoms with Crippen LogP contribution in [0.5, 0.6) is 0 Å². The Labute approximate surface area is 223 Å². The second-order valence-corrected chi connectivity index (χ2v) is 8.75. The number of β-lactam (4-membered cyclic amide) rings is 1. The van der Waals surface area contributed by atoms with E-state index in [0.29, 0.717) is 0 Å². The zero-order valence-electron chi connectivity index (χ0n) is 18.1. The summed E-state index contributed by atoms with van der Waals surface area (Å²) < 4.78 is 5.66. The van der Waals surface area contributed by atoms with Crippen molar-refractivity contribution >= 4 is 51.7 Å². The molecule has 0 bridgehead atoms.